The first-order chi connectivity index (χ1) is 20.4. The smallest absolute Gasteiger partial charge is 0.217 e. The van der Waals surface area contributed by atoms with E-state index in [0.717, 1.165) is 61.0 Å². The molecular formula is C37H30N3O2Pt-. The molecule has 43 heavy (non-hydrogen) atoms. The number of phenols is 1. The summed E-state index contributed by atoms with van der Waals surface area (Å²) in [5.41, 5.74) is 7.81. The van der Waals surface area contributed by atoms with Gasteiger partial charge in [-0.3, -0.25) is 0 Å². The van der Waals surface area contributed by atoms with E-state index in [4.69, 9.17) is 14.7 Å². The Morgan fingerprint density at radius 1 is 0.814 bits per heavy atom. The molecule has 0 aliphatic heterocycles. The van der Waals surface area contributed by atoms with E-state index in [1.165, 1.54) is 0 Å². The van der Waals surface area contributed by atoms with Crippen LogP contribution in [0.25, 0.3) is 49.7 Å². The maximum absolute atomic E-state index is 10.7. The van der Waals surface area contributed by atoms with E-state index in [2.05, 4.69) is 86.0 Å². The van der Waals surface area contributed by atoms with E-state index in [0.29, 0.717) is 17.1 Å². The molecule has 5 nitrogen and oxygen atoms in total. The second-order valence-corrected chi connectivity index (χ2v) is 11.1. The Morgan fingerprint density at radius 3 is 2.35 bits per heavy atom. The Labute approximate surface area is 265 Å². The second kappa shape index (κ2) is 11.3. The molecular weight excluding hydrogens is 714 g/mol. The number of phenolic OH excluding ortho intramolecular Hbond substituents is 1. The molecule has 0 aliphatic carbocycles. The number of aromatic nitrogens is 3. The van der Waals surface area contributed by atoms with Crippen molar-refractivity contribution in [2.75, 3.05) is 0 Å². The van der Waals surface area contributed by atoms with Gasteiger partial charge in [0.2, 0.25) is 5.88 Å². The molecule has 0 spiro atoms. The van der Waals surface area contributed by atoms with Gasteiger partial charge < -0.3 is 14.4 Å². The molecule has 216 valence electrons. The number of nitrogens with zero attached hydrogens (tertiary/aromatic N) is 3. The summed E-state index contributed by atoms with van der Waals surface area (Å²) in [5, 5.41) is 13.9. The zero-order valence-electron chi connectivity index (χ0n) is 24.3. The summed E-state index contributed by atoms with van der Waals surface area (Å²) >= 11 is 0. The van der Waals surface area contributed by atoms with Crippen LogP contribution in [0.15, 0.2) is 97.1 Å². The Hall–Kier alpha value is -4.47. The van der Waals surface area contributed by atoms with Crippen molar-refractivity contribution in [2.45, 2.75) is 33.6 Å². The van der Waals surface area contributed by atoms with Gasteiger partial charge in [-0.1, -0.05) is 73.3 Å². The fourth-order valence-corrected chi connectivity index (χ4v) is 5.92. The summed E-state index contributed by atoms with van der Waals surface area (Å²) in [4.78, 5) is 9.65. The van der Waals surface area contributed by atoms with Crippen LogP contribution in [0.3, 0.4) is 0 Å². The number of hydrogen-bond acceptors (Lipinski definition) is 4. The molecule has 0 saturated heterocycles. The number of para-hydroxylation sites is 1. The van der Waals surface area contributed by atoms with Gasteiger partial charge in [0.1, 0.15) is 17.1 Å². The van der Waals surface area contributed by atoms with Gasteiger partial charge in [0.15, 0.2) is 0 Å². The summed E-state index contributed by atoms with van der Waals surface area (Å²) in [5.74, 6) is 2.14. The minimum Gasteiger partial charge on any atom is -0.506 e. The van der Waals surface area contributed by atoms with Gasteiger partial charge in [-0.2, -0.15) is 0 Å². The molecule has 6 heteroatoms. The van der Waals surface area contributed by atoms with Crippen LogP contribution in [0.2, 0.25) is 0 Å². The molecule has 1 N–H and O–H groups in total. The van der Waals surface area contributed by atoms with Gasteiger partial charge in [-0.05, 0) is 78.2 Å². The number of pyridine rings is 2. The van der Waals surface area contributed by atoms with Crippen LogP contribution >= 0.6 is 0 Å². The molecule has 0 amide bonds. The number of aryl methyl sites for hydroxylation is 2. The monoisotopic (exact) mass is 743 g/mol. The van der Waals surface area contributed by atoms with Crippen LogP contribution in [0, 0.1) is 19.9 Å². The number of aromatic hydroxyl groups is 1. The Balaban J connectivity index is 0.00000329. The van der Waals surface area contributed by atoms with Gasteiger partial charge in [0, 0.05) is 49.5 Å². The van der Waals surface area contributed by atoms with E-state index >= 15 is 0 Å². The average molecular weight is 744 g/mol. The molecule has 3 heterocycles. The standard InChI is InChI=1S/C37H30N3O2.Pt/c1-22(2)30-20-26(42-35-17-15-28-27(25-10-6-5-7-11-25)14-16-33(41)37(28)39-35)21-32-36(30)29-12-8-9-13-31(29)40(32)34-19-23(3)18-24(4)38-34;/h5-20,22,41H,1-4H3;/q-1;. The fourth-order valence-electron chi connectivity index (χ4n) is 5.92. The molecule has 0 unspecified atom stereocenters. The third-order valence-electron chi connectivity index (χ3n) is 7.74. The van der Waals surface area contributed by atoms with Gasteiger partial charge in [-0.25, -0.2) is 9.97 Å². The van der Waals surface area contributed by atoms with Crippen LogP contribution in [-0.4, -0.2) is 19.6 Å². The van der Waals surface area contributed by atoms with Crippen LogP contribution < -0.4 is 4.74 Å². The summed E-state index contributed by atoms with van der Waals surface area (Å²) in [6.45, 7) is 8.49. The topological polar surface area (TPSA) is 60.2 Å². The third kappa shape index (κ3) is 5.08. The molecule has 3 aromatic heterocycles. The molecule has 4 aromatic carbocycles. The van der Waals surface area contributed by atoms with E-state index in [1.807, 2.05) is 43.3 Å². The predicted molar refractivity (Wildman–Crippen MR) is 170 cm³/mol. The maximum Gasteiger partial charge on any atom is 0.217 e. The quantitative estimate of drug-likeness (QED) is 0.179. The molecule has 0 radical (unpaired) electrons. The van der Waals surface area contributed by atoms with Crippen molar-refractivity contribution in [2.24, 2.45) is 0 Å². The van der Waals surface area contributed by atoms with E-state index < -0.39 is 0 Å². The first-order valence-corrected chi connectivity index (χ1v) is 14.2. The minimum absolute atomic E-state index is 0. The molecule has 0 aliphatic rings. The largest absolute Gasteiger partial charge is 0.506 e. The fraction of sp³-hybridized carbons (Fsp3) is 0.135. The van der Waals surface area contributed by atoms with Crippen LogP contribution in [0.4, 0.5) is 0 Å². The van der Waals surface area contributed by atoms with Gasteiger partial charge in [0.25, 0.3) is 0 Å². The van der Waals surface area contributed by atoms with Crippen LogP contribution in [0.1, 0.15) is 36.6 Å². The average Bonchev–Trinajstić information content (AvgIpc) is 3.31. The minimum atomic E-state index is 0. The Bertz CT molecular complexity index is 2110. The Morgan fingerprint density at radius 2 is 1.58 bits per heavy atom. The number of ether oxygens (including phenoxy) is 1. The van der Waals surface area contributed by atoms with Gasteiger partial charge >= 0.3 is 0 Å². The van der Waals surface area contributed by atoms with E-state index in [1.54, 1.807) is 6.07 Å². The molecule has 0 fully saturated rings. The summed E-state index contributed by atoms with van der Waals surface area (Å²) in [7, 11) is 0. The van der Waals surface area contributed by atoms with Crippen molar-refractivity contribution in [1.29, 1.82) is 0 Å². The van der Waals surface area contributed by atoms with Crippen molar-refractivity contribution >= 4 is 32.7 Å². The number of fused-ring (bicyclic) bond motifs is 4. The third-order valence-corrected chi connectivity index (χ3v) is 7.74. The summed E-state index contributed by atoms with van der Waals surface area (Å²) in [6, 6.07) is 35.8. The second-order valence-electron chi connectivity index (χ2n) is 11.1. The van der Waals surface area contributed by atoms with Crippen molar-refractivity contribution in [3.8, 4) is 34.3 Å². The van der Waals surface area contributed by atoms with Crippen molar-refractivity contribution in [3.05, 3.63) is 120 Å². The number of rotatable bonds is 5. The van der Waals surface area contributed by atoms with E-state index in [-0.39, 0.29) is 32.7 Å². The van der Waals surface area contributed by atoms with E-state index in [9.17, 15) is 5.11 Å². The SMILES string of the molecule is Cc1cc(C)nc(-n2c3[c-]c(Oc4ccc5c(-c6ccccc6)ccc(O)c5n4)cc(C(C)C)c3c3ccccc32)c1.[Pt]. The molecule has 0 atom stereocenters. The summed E-state index contributed by atoms with van der Waals surface area (Å²) < 4.78 is 8.58. The predicted octanol–water partition coefficient (Wildman–Crippen LogP) is 9.43. The van der Waals surface area contributed by atoms with Crippen molar-refractivity contribution in [3.63, 3.8) is 0 Å². The molecule has 0 bridgehead atoms. The molecule has 7 aromatic rings. The Kier molecular flexibility index (Phi) is 7.54. The van der Waals surface area contributed by atoms with Crippen molar-refractivity contribution < 1.29 is 30.9 Å². The van der Waals surface area contributed by atoms with Crippen molar-refractivity contribution in [1.82, 2.24) is 14.5 Å². The normalized spacial score (nSPS) is 11.4. The first-order valence-electron chi connectivity index (χ1n) is 14.2. The number of hydrogen-bond donors (Lipinski definition) is 1. The van der Waals surface area contributed by atoms with Crippen LogP contribution in [0.5, 0.6) is 17.4 Å². The van der Waals surface area contributed by atoms with Gasteiger partial charge in [-0.15, -0.1) is 17.7 Å². The van der Waals surface area contributed by atoms with Gasteiger partial charge in [0.05, 0.1) is 0 Å². The zero-order valence-corrected chi connectivity index (χ0v) is 26.6. The number of benzene rings is 4. The maximum atomic E-state index is 10.7. The summed E-state index contributed by atoms with van der Waals surface area (Å²) in [6.07, 6.45) is 0. The molecule has 7 rings (SSSR count). The van der Waals surface area contributed by atoms with Crippen LogP contribution in [-0.2, 0) is 21.1 Å². The molecule has 0 saturated carbocycles. The zero-order chi connectivity index (χ0) is 29.0. The first kappa shape index (κ1) is 28.6.